The number of methoxy groups -OCH3 is 2. The van der Waals surface area contributed by atoms with E-state index in [1.165, 1.54) is 79.8 Å². The molecule has 0 amide bonds. The Bertz CT molecular complexity index is 4500. The number of fused-ring (bicyclic) bond motifs is 2. The molecule has 5 aromatic heterocycles. The Morgan fingerprint density at radius 2 is 0.888 bits per heavy atom. The Hall–Kier alpha value is -5.85. The summed E-state index contributed by atoms with van der Waals surface area (Å²) >= 11 is 24.9. The number of hydrogen-bond donors (Lipinski definition) is 13. The third-order valence-electron chi connectivity index (χ3n) is 17.7. The second-order valence-electron chi connectivity index (χ2n) is 26.9. The topological polar surface area (TPSA) is 551 Å². The molecule has 7 fully saturated rings. The molecule has 20 atom stereocenters. The van der Waals surface area contributed by atoms with E-state index in [-0.39, 0.29) is 139 Å². The van der Waals surface area contributed by atoms with Gasteiger partial charge in [0.15, 0.2) is 78.3 Å². The minimum absolute atomic E-state index is 0. The molecule has 40 nitrogen and oxygen atoms in total. The van der Waals surface area contributed by atoms with E-state index in [2.05, 4.69) is 47.9 Å². The van der Waals surface area contributed by atoms with Gasteiger partial charge in [-0.15, -0.1) is 0 Å². The first-order valence-electron chi connectivity index (χ1n) is 35.6. The Morgan fingerprint density at radius 1 is 0.526 bits per heavy atom. The van der Waals surface area contributed by atoms with Gasteiger partial charge in [0.1, 0.15) is 54.9 Å². The van der Waals surface area contributed by atoms with E-state index in [0.29, 0.717) is 4.77 Å². The number of aliphatic hydroxyl groups is 6. The zero-order chi connectivity index (χ0) is 86.2. The van der Waals surface area contributed by atoms with E-state index in [4.69, 9.17) is 125 Å². The zero-order valence-electron chi connectivity index (χ0n) is 67.0. The van der Waals surface area contributed by atoms with E-state index in [1.807, 2.05) is 55.4 Å². The van der Waals surface area contributed by atoms with Gasteiger partial charge in [-0.05, 0) is 123 Å². The summed E-state index contributed by atoms with van der Waals surface area (Å²) in [7, 11) is 5.48. The van der Waals surface area contributed by atoms with Crippen LogP contribution in [-0.4, -0.2) is 248 Å². The Balaban J connectivity index is 0.000000465. The average Bonchev–Trinajstić information content (AvgIpc) is 1.60. The normalized spacial score (nSPS) is 28.3. The van der Waals surface area contributed by atoms with Crippen LogP contribution in [-0.2, 0) is 87.3 Å². The van der Waals surface area contributed by atoms with E-state index in [1.54, 1.807) is 49.6 Å². The molecule has 5 aromatic rings. The number of carbonyl (C=O) groups is 3. The molecule has 0 bridgehead atoms. The third-order valence-corrected chi connectivity index (χ3v) is 19.2. The molecule has 7 saturated heterocycles. The van der Waals surface area contributed by atoms with Crippen LogP contribution in [0.1, 0.15) is 141 Å². The van der Waals surface area contributed by atoms with Gasteiger partial charge < -0.3 is 113 Å². The number of esters is 3. The summed E-state index contributed by atoms with van der Waals surface area (Å²) in [5.74, 6) is -3.06. The van der Waals surface area contributed by atoms with Crippen LogP contribution in [0.5, 0.6) is 0 Å². The van der Waals surface area contributed by atoms with Crippen LogP contribution in [0.25, 0.3) is 0 Å². The molecule has 14 N–H and O–H groups in total. The quantitative estimate of drug-likeness (QED) is 0.0203. The molecule has 0 radical (unpaired) electrons. The number of H-pyrrole nitrogens is 6. The van der Waals surface area contributed by atoms with Crippen molar-refractivity contribution in [3.05, 3.63) is 136 Å². The van der Waals surface area contributed by atoms with Crippen molar-refractivity contribution in [1.82, 2.24) is 48.2 Å². The number of nitrogens with one attached hydrogen (secondary N) is 6. The number of nitrogens with zero attached hydrogens (tertiary/aromatic N) is 4. The molecule has 7 aliphatic heterocycles. The third kappa shape index (κ3) is 29.5. The summed E-state index contributed by atoms with van der Waals surface area (Å²) in [6.07, 6.45) is -1.36. The fourth-order valence-corrected chi connectivity index (χ4v) is 13.4. The van der Waals surface area contributed by atoms with Gasteiger partial charge in [-0.2, -0.15) is 7.11 Å². The van der Waals surface area contributed by atoms with Crippen molar-refractivity contribution in [3.63, 3.8) is 0 Å². The van der Waals surface area contributed by atoms with Crippen LogP contribution < -0.4 is 68.2 Å². The molecular formula is C70H110N11NaO29S5. The van der Waals surface area contributed by atoms with E-state index in [0.717, 1.165) is 20.0 Å². The molecule has 0 spiro atoms. The largest absolute Gasteiger partial charge is 1.00 e. The molecule has 650 valence electrons. The van der Waals surface area contributed by atoms with Crippen molar-refractivity contribution < 1.29 is 146 Å². The summed E-state index contributed by atoms with van der Waals surface area (Å²) in [4.78, 5) is 104. The summed E-state index contributed by atoms with van der Waals surface area (Å²) in [6.45, 7) is 21.6. The van der Waals surface area contributed by atoms with Gasteiger partial charge in [0, 0.05) is 102 Å². The predicted molar refractivity (Wildman–Crippen MR) is 420 cm³/mol. The molecular weight excluding hydrogens is 1640 g/mol. The molecule has 5 unspecified atom stereocenters. The van der Waals surface area contributed by atoms with Gasteiger partial charge in [0.2, 0.25) is 6.29 Å². The fourth-order valence-electron chi connectivity index (χ4n) is 12.2. The Kier molecular flexibility index (Phi) is 45.0. The maximum absolute atomic E-state index is 11.7. The van der Waals surface area contributed by atoms with Gasteiger partial charge >= 0.3 is 47.5 Å². The van der Waals surface area contributed by atoms with Crippen LogP contribution in [0.15, 0.2) is 79.2 Å². The van der Waals surface area contributed by atoms with Gasteiger partial charge in [-0.1, -0.05) is 35.1 Å². The molecule has 12 heterocycles. The smallest absolute Gasteiger partial charge is 0.857 e. The molecule has 116 heavy (non-hydrogen) atoms. The van der Waals surface area contributed by atoms with Gasteiger partial charge in [0.25, 0.3) is 27.8 Å². The van der Waals surface area contributed by atoms with Crippen molar-refractivity contribution in [3.8, 4) is 0 Å². The molecule has 12 rings (SSSR count). The number of aromatic nitrogens is 10. The van der Waals surface area contributed by atoms with Crippen molar-refractivity contribution in [1.29, 1.82) is 0 Å². The van der Waals surface area contributed by atoms with E-state index < -0.39 is 134 Å². The van der Waals surface area contributed by atoms with Crippen molar-refractivity contribution in [2.45, 2.75) is 245 Å². The van der Waals surface area contributed by atoms with Gasteiger partial charge in [-0.25, -0.2) is 0 Å². The first-order valence-corrected chi connectivity index (χ1v) is 37.6. The summed E-state index contributed by atoms with van der Waals surface area (Å²) in [6, 6.07) is 5.33. The van der Waals surface area contributed by atoms with Crippen molar-refractivity contribution in [2.75, 3.05) is 48.2 Å². The van der Waals surface area contributed by atoms with Crippen molar-refractivity contribution in [2.24, 2.45) is 17.6 Å². The summed E-state index contributed by atoms with van der Waals surface area (Å²) in [5, 5.41) is 64.7. The number of rotatable bonds is 15. The number of aliphatic hydroxyl groups excluding tert-OH is 6. The van der Waals surface area contributed by atoms with Gasteiger partial charge in [-0.3, -0.25) is 81.5 Å². The van der Waals surface area contributed by atoms with E-state index in [9.17, 15) is 63.9 Å². The number of ether oxygens (including phenoxy) is 14. The number of aromatic amines is 6. The summed E-state index contributed by atoms with van der Waals surface area (Å²) < 4.78 is 83.9. The van der Waals surface area contributed by atoms with Crippen molar-refractivity contribution >= 4 is 79.0 Å². The van der Waals surface area contributed by atoms with Crippen LogP contribution in [0.2, 0.25) is 0 Å². The number of carbonyl (C=O) groups excluding carboxylic acids is 3. The van der Waals surface area contributed by atoms with Crippen LogP contribution in [0.3, 0.4) is 0 Å². The van der Waals surface area contributed by atoms with Gasteiger partial charge in [0.05, 0.1) is 44.2 Å². The average molecular weight is 1750 g/mol. The second kappa shape index (κ2) is 49.2. The monoisotopic (exact) mass is 1750 g/mol. The van der Waals surface area contributed by atoms with E-state index >= 15 is 0 Å². The zero-order valence-corrected chi connectivity index (χ0v) is 73.0. The van der Waals surface area contributed by atoms with Crippen LogP contribution >= 0.6 is 61.1 Å². The molecule has 0 aromatic carbocycles. The predicted octanol–water partition coefficient (Wildman–Crippen LogP) is -0.686. The molecule has 0 saturated carbocycles. The molecule has 0 aliphatic carbocycles. The standard InChI is InChI=1S/C13H18N2O6S.C13H18N2O4S.C12H16N2O5S.C11H18O5.C9H12N2O5S.C5H12O2.C4H4N2OS.CH5N.CH3O.CH4.Na/c1-13(2)20-8-7(5-17)19-11(9(8)21-13)15-3-6(4-16)10(18)14-12(15)22;1-4-9-7(2)11(18-8(3)16)12(19-9)15-6-5-10(17)14-13(15)20;1-12(2)18-8-6(5-15)17-10(9(8)19-12)14-4-3-7(16)13-11(14)20;1-5-9-6(2)10(14-7(3)12)11(16-9)15-8(4)13;12-3-4-6(14)7(15)8(16-4)11-2-1-5(13)10-9(11)17;1-5(2,6-3)7-4;7-3-1-2-5-4(8)6-3;2*1-2;;/h3,7-9,11,16-17H,4-5H2,1-2H3,(H,14,18,22);5-7,9,11-12H,4H2,1-3H3,(H,14,17,20);3-4,6,8-10,15H,5H2,1-2H3,(H,13,16,20);6,9-11H,5H2,1-4H3;1-2,4,6-8,12,14-15H,3H2,(H,10,13,17);1-4H3;1-2H,(H2,5,6,7,8);2H2,1H3;1H3;1H4;/q;;;;;;;;-1;;+1/t7-,8+,9?,11-;7-,9+,11?,12+;6-,8+,9?,10-;6-,9+,10?,11+;4-,6+,7?,8-;;;;;;/m10101....../s1. The Morgan fingerprint density at radius 3 is 1.25 bits per heavy atom. The minimum Gasteiger partial charge on any atom is -0.857 e. The first-order chi connectivity index (χ1) is 53.6. The Labute approximate surface area is 715 Å². The minimum atomic E-state index is -1.22. The van der Waals surface area contributed by atoms with Crippen LogP contribution in [0, 0.1) is 35.7 Å². The number of nitrogens with two attached hydrogens (primary N) is 1. The second-order valence-corrected chi connectivity index (χ2v) is 28.8. The molecule has 46 heteroatoms. The number of hydrogen-bond acceptors (Lipinski definition) is 35. The fraction of sp³-hybridized carbons (Fsp3) is 0.671. The molecule has 7 aliphatic rings. The summed E-state index contributed by atoms with van der Waals surface area (Å²) in [5.41, 5.74) is 3.14. The van der Waals surface area contributed by atoms with Crippen LogP contribution in [0.4, 0.5) is 0 Å². The maximum atomic E-state index is 11.7. The SMILES string of the molecule is C.CC1(C)OC2[C@@H](O1)[C@@H](CO)O[C@H]2n1cc(CO)c(=O)[nH]c1=S.CC1(C)OC2[C@@H](O1)[C@@H](CO)O[C@H]2n1ccc(=O)[nH]c1=S.CC[C@H]1O[C@@H](OC(C)=O)C(OC(C)=O)[C@H]1C.CC[C@H]1O[C@@H](n2ccc(=O)[nH]c2=S)C(OC(C)=O)[C@H]1C.CN.COC(C)(C)OC.C[O-].O=c1cc[nH]c(=S)[nH]1.O=c1ccn([C@@H]2O[C@H](CO)[C@H](O)C2O)c(=S)[nH]1.[Na+]. The maximum Gasteiger partial charge on any atom is 1.00 e. The first kappa shape index (κ1) is 106.